The molecule has 4 saturated heterocycles. The number of benzene rings is 3. The molecule has 15 N–H and O–H groups in total. The summed E-state index contributed by atoms with van der Waals surface area (Å²) in [5, 5.41) is 159. The fourth-order valence-corrected chi connectivity index (χ4v) is 8.68. The standard InChI is InChI=1S/C48H56O27/c1-17-30(55)34(59)37(62)45(67-17)66-16-27-42(74-46-38(63)35(60)31(56)25(14-49)70-46)36(61)39(64)47(72-27)75-44-33(58)29-23(53)12-22(13-24(29)69-41(44)19-5-9-21(52)10-6-19)68-48-40(65)43(32(57)26(15-50)71-48)73-28(54)11-4-18-2-7-20(51)8-3-18/h2-13,17,25-27,30-32,34-40,42-43,45-53,55-57,59-65H,14-16H2,1H3/t17-,25+,26+,27+,30-,31+,32+,34+,35-,36+,37+,38+,39+,40+,42+,43-,45+,46-,47-,48+/m0/s1. The molecule has 4 aliphatic rings. The van der Waals surface area contributed by atoms with Crippen LogP contribution in [0.4, 0.5) is 0 Å². The predicted molar refractivity (Wildman–Crippen MR) is 245 cm³/mol. The molecule has 0 radical (unpaired) electrons. The molecule has 4 fully saturated rings. The van der Waals surface area contributed by atoms with Gasteiger partial charge >= 0.3 is 5.97 Å². The van der Waals surface area contributed by atoms with E-state index in [2.05, 4.69) is 0 Å². The quantitative estimate of drug-likeness (QED) is 0.0397. The number of aliphatic hydroxyl groups excluding tert-OH is 12. The van der Waals surface area contributed by atoms with Crippen molar-refractivity contribution in [3.05, 3.63) is 82.5 Å². The highest BCUT2D eigenvalue weighted by Gasteiger charge is 2.53. The van der Waals surface area contributed by atoms with Crippen molar-refractivity contribution in [2.75, 3.05) is 19.8 Å². The van der Waals surface area contributed by atoms with Crippen LogP contribution in [0.2, 0.25) is 0 Å². The molecule has 0 amide bonds. The van der Waals surface area contributed by atoms with Crippen LogP contribution < -0.4 is 14.9 Å². The molecule has 0 spiro atoms. The number of hydrogen-bond acceptors (Lipinski definition) is 27. The zero-order valence-electron chi connectivity index (χ0n) is 39.2. The van der Waals surface area contributed by atoms with Crippen molar-refractivity contribution in [2.24, 2.45) is 0 Å². The van der Waals surface area contributed by atoms with Gasteiger partial charge in [0.2, 0.25) is 23.8 Å². The number of ether oxygens (including phenoxy) is 9. The molecule has 0 unspecified atom stereocenters. The maximum Gasteiger partial charge on any atom is 0.331 e. The lowest BCUT2D eigenvalue weighted by Gasteiger charge is -2.46. The van der Waals surface area contributed by atoms with Gasteiger partial charge in [-0.2, -0.15) is 0 Å². The summed E-state index contributed by atoms with van der Waals surface area (Å²) in [6.07, 6.45) is -33.8. The summed E-state index contributed by atoms with van der Waals surface area (Å²) in [4.78, 5) is 27.4. The molecule has 0 saturated carbocycles. The predicted octanol–water partition coefficient (Wildman–Crippen LogP) is -4.13. The SMILES string of the molecule is C[C@@H]1O[C@@H](OC[C@H]2O[C@@H](Oc3c(-c4ccc(O)cc4)oc4cc(O[C@@H]5O[C@H](CO)[C@@H](O)[C@H](OC(=O)C=Cc6ccc(O)cc6)[C@H]5O)cc(O)c4c3=O)[C@H](O)[C@@H](O)[C@@H]2O[C@@H]2O[C@H](CO)[C@@H](O)[C@H](O)[C@H]2O)[C@H](O)[C@H](O)[C@H]1O. The molecule has 27 nitrogen and oxygen atoms in total. The smallest absolute Gasteiger partial charge is 0.331 e. The highest BCUT2D eigenvalue weighted by Crippen LogP contribution is 2.40. The van der Waals surface area contributed by atoms with Gasteiger partial charge in [-0.25, -0.2) is 4.79 Å². The van der Waals surface area contributed by atoms with Crippen LogP contribution in [-0.2, 0) is 38.0 Å². The summed E-state index contributed by atoms with van der Waals surface area (Å²) in [6.45, 7) is -1.17. The van der Waals surface area contributed by atoms with Gasteiger partial charge in [-0.05, 0) is 55.0 Å². The molecule has 410 valence electrons. The van der Waals surface area contributed by atoms with E-state index in [9.17, 15) is 86.2 Å². The van der Waals surface area contributed by atoms with Crippen LogP contribution >= 0.6 is 0 Å². The summed E-state index contributed by atoms with van der Waals surface area (Å²) < 4.78 is 57.4. The van der Waals surface area contributed by atoms with Crippen molar-refractivity contribution < 1.29 is 128 Å². The summed E-state index contributed by atoms with van der Waals surface area (Å²) in [5.41, 5.74) is -1.10. The van der Waals surface area contributed by atoms with Gasteiger partial charge in [0.05, 0.1) is 25.9 Å². The van der Waals surface area contributed by atoms with Gasteiger partial charge in [-0.3, -0.25) is 4.79 Å². The minimum Gasteiger partial charge on any atom is -0.508 e. The molecular formula is C48H56O27. The Morgan fingerprint density at radius 2 is 1.17 bits per heavy atom. The Bertz CT molecular complexity index is 2660. The molecule has 0 bridgehead atoms. The number of phenolic OH excluding ortho intramolecular Hbond substituents is 3. The summed E-state index contributed by atoms with van der Waals surface area (Å²) >= 11 is 0. The Morgan fingerprint density at radius 1 is 0.600 bits per heavy atom. The highest BCUT2D eigenvalue weighted by molar-refractivity contribution is 5.89. The number of hydrogen-bond donors (Lipinski definition) is 15. The second kappa shape index (κ2) is 23.3. The van der Waals surface area contributed by atoms with E-state index in [0.29, 0.717) is 5.56 Å². The van der Waals surface area contributed by atoms with Crippen LogP contribution in [0.25, 0.3) is 28.4 Å². The molecule has 3 aromatic carbocycles. The Morgan fingerprint density at radius 3 is 1.84 bits per heavy atom. The molecule has 4 aliphatic heterocycles. The molecule has 8 rings (SSSR count). The third kappa shape index (κ3) is 11.7. The molecule has 75 heavy (non-hydrogen) atoms. The monoisotopic (exact) mass is 1060 g/mol. The highest BCUT2D eigenvalue weighted by atomic mass is 16.8. The first kappa shape index (κ1) is 55.6. The molecule has 1 aromatic heterocycles. The zero-order valence-corrected chi connectivity index (χ0v) is 39.2. The lowest BCUT2D eigenvalue weighted by Crippen LogP contribution is -2.65. The van der Waals surface area contributed by atoms with Crippen LogP contribution in [0, 0.1) is 0 Å². The van der Waals surface area contributed by atoms with Crippen LogP contribution in [0.5, 0.6) is 28.7 Å². The van der Waals surface area contributed by atoms with Crippen LogP contribution in [-0.4, -0.2) is 225 Å². The first-order valence-corrected chi connectivity index (χ1v) is 23.2. The maximum absolute atomic E-state index is 14.6. The van der Waals surface area contributed by atoms with Crippen molar-refractivity contribution >= 4 is 23.0 Å². The van der Waals surface area contributed by atoms with E-state index in [0.717, 1.165) is 18.2 Å². The first-order valence-electron chi connectivity index (χ1n) is 23.2. The minimum atomic E-state index is -2.22. The number of fused-ring (bicyclic) bond motifs is 1. The van der Waals surface area contributed by atoms with Crippen molar-refractivity contribution in [1.82, 2.24) is 0 Å². The van der Waals surface area contributed by atoms with Gasteiger partial charge in [-0.15, -0.1) is 0 Å². The average Bonchev–Trinajstić information content (AvgIpc) is 3.39. The summed E-state index contributed by atoms with van der Waals surface area (Å²) in [5.74, 6) is -3.79. The molecule has 5 heterocycles. The average molecular weight is 1060 g/mol. The molecule has 4 aromatic rings. The van der Waals surface area contributed by atoms with Crippen LogP contribution in [0.3, 0.4) is 0 Å². The van der Waals surface area contributed by atoms with Crippen LogP contribution in [0.1, 0.15) is 12.5 Å². The fraction of sp³-hybridized carbons (Fsp3) is 0.500. The lowest BCUT2D eigenvalue weighted by atomic mass is 9.96. The van der Waals surface area contributed by atoms with E-state index >= 15 is 0 Å². The molecule has 27 heteroatoms. The molecule has 0 aliphatic carbocycles. The topological polar surface area (TPSA) is 434 Å². The second-order valence-corrected chi connectivity index (χ2v) is 18.1. The zero-order chi connectivity index (χ0) is 54.2. The molecular weight excluding hydrogens is 1010 g/mol. The number of phenols is 3. The van der Waals surface area contributed by atoms with Crippen molar-refractivity contribution in [1.29, 1.82) is 0 Å². The molecule has 20 atom stereocenters. The summed E-state index contributed by atoms with van der Waals surface area (Å²) in [7, 11) is 0. The second-order valence-electron chi connectivity index (χ2n) is 18.1. The number of rotatable bonds is 15. The minimum absolute atomic E-state index is 0.00963. The number of aliphatic hydroxyl groups is 12. The van der Waals surface area contributed by atoms with E-state index < -0.39 is 182 Å². The third-order valence-electron chi connectivity index (χ3n) is 12.9. The van der Waals surface area contributed by atoms with Crippen molar-refractivity contribution in [3.63, 3.8) is 0 Å². The number of aromatic hydroxyl groups is 3. The van der Waals surface area contributed by atoms with Gasteiger partial charge < -0.3 is 124 Å². The first-order chi connectivity index (χ1) is 35.7. The third-order valence-corrected chi connectivity index (χ3v) is 12.9. The summed E-state index contributed by atoms with van der Waals surface area (Å²) in [6, 6.07) is 12.6. The van der Waals surface area contributed by atoms with Gasteiger partial charge in [0.25, 0.3) is 0 Å². The lowest BCUT2D eigenvalue weighted by molar-refractivity contribution is -0.359. The Hall–Kier alpha value is -5.64. The van der Waals surface area contributed by atoms with Gasteiger partial charge in [0, 0.05) is 23.8 Å². The van der Waals surface area contributed by atoms with Gasteiger partial charge in [0.1, 0.15) is 113 Å². The van der Waals surface area contributed by atoms with Crippen molar-refractivity contribution in [3.8, 4) is 40.1 Å². The Balaban J connectivity index is 1.09. The number of esters is 1. The van der Waals surface area contributed by atoms with E-state index in [-0.39, 0.29) is 22.8 Å². The van der Waals surface area contributed by atoms with Gasteiger partial charge in [0.15, 0.2) is 30.5 Å². The van der Waals surface area contributed by atoms with Crippen LogP contribution in [0.15, 0.2) is 76.0 Å². The van der Waals surface area contributed by atoms with Crippen molar-refractivity contribution in [2.45, 2.75) is 130 Å². The Labute approximate surface area is 422 Å². The largest absolute Gasteiger partial charge is 0.508 e. The van der Waals surface area contributed by atoms with E-state index in [4.69, 9.17) is 47.0 Å². The Kier molecular flexibility index (Phi) is 17.3. The maximum atomic E-state index is 14.6. The van der Waals surface area contributed by atoms with E-state index in [1.54, 1.807) is 0 Å². The van der Waals surface area contributed by atoms with Gasteiger partial charge in [-0.1, -0.05) is 12.1 Å². The number of carbonyl (C=O) groups excluding carboxylic acids is 1. The van der Waals surface area contributed by atoms with E-state index in [1.165, 1.54) is 61.5 Å². The normalized spacial score (nSPS) is 36.3. The number of carbonyl (C=O) groups is 1. The fourth-order valence-electron chi connectivity index (χ4n) is 8.68. The van der Waals surface area contributed by atoms with E-state index in [1.807, 2.05) is 0 Å².